The normalized spacial score (nSPS) is 12.0. The highest BCUT2D eigenvalue weighted by Crippen LogP contribution is 2.33. The zero-order valence-electron chi connectivity index (χ0n) is 18.0. The van der Waals surface area contributed by atoms with Gasteiger partial charge in [0, 0.05) is 5.69 Å². The summed E-state index contributed by atoms with van der Waals surface area (Å²) in [5.74, 6) is 0.574. The number of aromatic nitrogens is 4. The van der Waals surface area contributed by atoms with Gasteiger partial charge in [0.1, 0.15) is 0 Å². The summed E-state index contributed by atoms with van der Waals surface area (Å²) >= 11 is 1.51. The Kier molecular flexibility index (Phi) is 4.75. The maximum Gasteiger partial charge on any atom is 0.229 e. The van der Waals surface area contributed by atoms with E-state index in [2.05, 4.69) is 27.5 Å². The van der Waals surface area contributed by atoms with Gasteiger partial charge in [-0.1, -0.05) is 17.3 Å². The van der Waals surface area contributed by atoms with Gasteiger partial charge in [0.05, 0.1) is 15.1 Å². The van der Waals surface area contributed by atoms with Gasteiger partial charge in [-0.15, -0.1) is 16.4 Å². The molecule has 0 aliphatic carbocycles. The van der Waals surface area contributed by atoms with E-state index in [1.165, 1.54) is 21.4 Å². The van der Waals surface area contributed by atoms with Crippen LogP contribution in [0.1, 0.15) is 22.3 Å². The number of rotatable bonds is 4. The molecule has 5 aromatic rings. The van der Waals surface area contributed by atoms with E-state index in [1.54, 1.807) is 18.2 Å². The van der Waals surface area contributed by atoms with Crippen LogP contribution in [0.3, 0.4) is 0 Å². The average Bonchev–Trinajstić information content (AvgIpc) is 3.40. The number of fused-ring (bicyclic) bond motifs is 3. The molecule has 5 rings (SSSR count). The van der Waals surface area contributed by atoms with Crippen molar-refractivity contribution in [2.24, 2.45) is 0 Å². The van der Waals surface area contributed by atoms with Gasteiger partial charge in [0.2, 0.25) is 14.9 Å². The zero-order chi connectivity index (χ0) is 22.6. The molecule has 0 aliphatic rings. The lowest BCUT2D eigenvalue weighted by Gasteiger charge is -2.10. The molecular formula is C23H21N5O2S2. The summed E-state index contributed by atoms with van der Waals surface area (Å²) in [4.78, 5) is 4.85. The van der Waals surface area contributed by atoms with Crippen LogP contribution in [-0.4, -0.2) is 28.2 Å². The third-order valence-electron chi connectivity index (χ3n) is 5.74. The van der Waals surface area contributed by atoms with E-state index in [0.717, 1.165) is 32.6 Å². The van der Waals surface area contributed by atoms with Crippen LogP contribution in [0.5, 0.6) is 0 Å². The fraction of sp³-hybridized carbons (Fsp3) is 0.174. The van der Waals surface area contributed by atoms with Crippen molar-refractivity contribution in [1.82, 2.24) is 19.8 Å². The first-order valence-electron chi connectivity index (χ1n) is 10.0. The lowest BCUT2D eigenvalue weighted by atomic mass is 10.1. The summed E-state index contributed by atoms with van der Waals surface area (Å²) in [7, 11) is -3.90. The van der Waals surface area contributed by atoms with Crippen molar-refractivity contribution in [1.29, 1.82) is 0 Å². The summed E-state index contributed by atoms with van der Waals surface area (Å²) in [5.41, 5.74) is 6.10. The van der Waals surface area contributed by atoms with E-state index >= 15 is 0 Å². The fourth-order valence-corrected chi connectivity index (χ4v) is 5.67. The molecule has 0 saturated carbocycles. The van der Waals surface area contributed by atoms with Crippen molar-refractivity contribution in [2.45, 2.75) is 37.6 Å². The second-order valence-corrected chi connectivity index (χ2v) is 10.7. The molecule has 0 bridgehead atoms. The molecule has 0 fully saturated rings. The summed E-state index contributed by atoms with van der Waals surface area (Å²) in [6.45, 7) is 7.94. The molecule has 162 valence electrons. The number of sulfone groups is 1. The van der Waals surface area contributed by atoms with Crippen LogP contribution in [0.2, 0.25) is 0 Å². The Morgan fingerprint density at radius 2 is 1.62 bits per heavy atom. The number of nitrogens with zero attached hydrogens (tertiary/aromatic N) is 4. The number of benzene rings is 2. The van der Waals surface area contributed by atoms with Crippen molar-refractivity contribution in [3.63, 3.8) is 0 Å². The maximum absolute atomic E-state index is 13.4. The Labute approximate surface area is 189 Å². The molecule has 32 heavy (non-hydrogen) atoms. The summed E-state index contributed by atoms with van der Waals surface area (Å²) in [6, 6.07) is 13.0. The molecule has 3 aromatic heterocycles. The number of thiophene rings is 1. The number of aryl methyl sites for hydroxylation is 4. The zero-order valence-corrected chi connectivity index (χ0v) is 19.7. The Balaban J connectivity index is 1.70. The Morgan fingerprint density at radius 1 is 0.906 bits per heavy atom. The van der Waals surface area contributed by atoms with E-state index in [0.29, 0.717) is 5.82 Å². The van der Waals surface area contributed by atoms with E-state index in [9.17, 15) is 8.42 Å². The molecule has 0 radical (unpaired) electrons. The fourth-order valence-electron chi connectivity index (χ4n) is 3.53. The topological polar surface area (TPSA) is 89.2 Å². The van der Waals surface area contributed by atoms with Crippen LogP contribution in [-0.2, 0) is 9.84 Å². The van der Waals surface area contributed by atoms with Gasteiger partial charge in [0.15, 0.2) is 11.5 Å². The lowest BCUT2D eigenvalue weighted by Crippen LogP contribution is -2.06. The third kappa shape index (κ3) is 3.25. The summed E-state index contributed by atoms with van der Waals surface area (Å²) < 4.78 is 29.2. The van der Waals surface area contributed by atoms with Crippen molar-refractivity contribution in [2.75, 3.05) is 5.32 Å². The van der Waals surface area contributed by atoms with E-state index < -0.39 is 9.84 Å². The first kappa shape index (κ1) is 20.6. The third-order valence-corrected chi connectivity index (χ3v) is 8.29. The maximum atomic E-state index is 13.4. The van der Waals surface area contributed by atoms with Gasteiger partial charge in [0.25, 0.3) is 0 Å². The number of anilines is 2. The highest BCUT2D eigenvalue weighted by Gasteiger charge is 2.27. The molecular weight excluding hydrogens is 442 g/mol. The molecule has 2 aromatic carbocycles. The van der Waals surface area contributed by atoms with Crippen LogP contribution < -0.4 is 5.32 Å². The summed E-state index contributed by atoms with van der Waals surface area (Å²) in [5, 5.41) is 13.3. The van der Waals surface area contributed by atoms with Crippen LogP contribution in [0.4, 0.5) is 11.5 Å². The highest BCUT2D eigenvalue weighted by molar-refractivity contribution is 7.91. The van der Waals surface area contributed by atoms with Crippen LogP contribution in [0.25, 0.3) is 15.9 Å². The van der Waals surface area contributed by atoms with E-state index in [-0.39, 0.29) is 15.6 Å². The molecule has 0 amide bonds. The van der Waals surface area contributed by atoms with Crippen molar-refractivity contribution >= 4 is 48.5 Å². The van der Waals surface area contributed by atoms with Gasteiger partial charge < -0.3 is 5.32 Å². The van der Waals surface area contributed by atoms with Crippen molar-refractivity contribution in [3.05, 3.63) is 70.1 Å². The SMILES string of the molecule is Cc1ccc(Nc2nc3c(S(=O)(=O)c4ccc(C)c(C)c4)nnn3c3ccsc23)cc1C. The van der Waals surface area contributed by atoms with Crippen LogP contribution in [0, 0.1) is 27.7 Å². The van der Waals surface area contributed by atoms with Crippen LogP contribution >= 0.6 is 11.3 Å². The van der Waals surface area contributed by atoms with Gasteiger partial charge in [-0.2, -0.15) is 4.52 Å². The molecule has 0 saturated heterocycles. The molecule has 0 unspecified atom stereocenters. The predicted molar refractivity (Wildman–Crippen MR) is 127 cm³/mol. The van der Waals surface area contributed by atoms with Crippen LogP contribution in [0.15, 0.2) is 57.8 Å². The first-order chi connectivity index (χ1) is 15.3. The van der Waals surface area contributed by atoms with E-state index in [1.807, 2.05) is 50.4 Å². The predicted octanol–water partition coefficient (Wildman–Crippen LogP) is 5.15. The quantitative estimate of drug-likeness (QED) is 0.397. The molecule has 0 atom stereocenters. The van der Waals surface area contributed by atoms with Gasteiger partial charge >= 0.3 is 0 Å². The molecule has 0 spiro atoms. The average molecular weight is 464 g/mol. The number of hydrogen-bond donors (Lipinski definition) is 1. The minimum atomic E-state index is -3.90. The molecule has 3 heterocycles. The smallest absolute Gasteiger partial charge is 0.229 e. The Hall–Kier alpha value is -3.30. The monoisotopic (exact) mass is 463 g/mol. The highest BCUT2D eigenvalue weighted by atomic mass is 32.2. The van der Waals surface area contributed by atoms with Crippen molar-refractivity contribution < 1.29 is 8.42 Å². The standard InChI is InChI=1S/C23H21N5O2S2/c1-13-5-7-17(11-15(13)3)24-21-20-19(9-10-31-20)28-22(25-21)23(26-27-28)32(29,30)18-8-6-14(2)16(4)12-18/h5-12H,1-4H3,(H,24,25). The number of hydrogen-bond acceptors (Lipinski definition) is 7. The molecule has 1 N–H and O–H groups in total. The first-order valence-corrected chi connectivity index (χ1v) is 12.4. The van der Waals surface area contributed by atoms with Gasteiger partial charge in [-0.3, -0.25) is 0 Å². The largest absolute Gasteiger partial charge is 0.339 e. The Morgan fingerprint density at radius 3 is 2.34 bits per heavy atom. The molecule has 7 nitrogen and oxygen atoms in total. The lowest BCUT2D eigenvalue weighted by molar-refractivity contribution is 0.592. The second-order valence-electron chi connectivity index (χ2n) is 7.90. The van der Waals surface area contributed by atoms with Gasteiger partial charge in [-0.05, 0) is 85.7 Å². The van der Waals surface area contributed by atoms with E-state index in [4.69, 9.17) is 0 Å². The molecule has 9 heteroatoms. The Bertz CT molecular complexity index is 1620. The minimum Gasteiger partial charge on any atom is -0.339 e. The van der Waals surface area contributed by atoms with Crippen molar-refractivity contribution in [3.8, 4) is 0 Å². The number of nitrogens with one attached hydrogen (secondary N) is 1. The molecule has 0 aliphatic heterocycles. The second kappa shape index (κ2) is 7.39. The van der Waals surface area contributed by atoms with Gasteiger partial charge in [-0.25, -0.2) is 13.4 Å². The summed E-state index contributed by atoms with van der Waals surface area (Å²) in [6.07, 6.45) is 0. The minimum absolute atomic E-state index is 0.156.